The van der Waals surface area contributed by atoms with Crippen molar-refractivity contribution in [3.63, 3.8) is 0 Å². The van der Waals surface area contributed by atoms with E-state index in [9.17, 15) is 9.59 Å². The molecule has 3 aromatic rings. The minimum atomic E-state index is -1.18. The Morgan fingerprint density at radius 1 is 1.00 bits per heavy atom. The largest absolute Gasteiger partial charge is 0.497 e. The molecule has 6 nitrogen and oxygen atoms in total. The second-order valence-corrected chi connectivity index (χ2v) is 6.58. The summed E-state index contributed by atoms with van der Waals surface area (Å²) in [7, 11) is 1.58. The second kappa shape index (κ2) is 7.45. The van der Waals surface area contributed by atoms with Crippen LogP contribution in [0, 0.1) is 0 Å². The zero-order chi connectivity index (χ0) is 19.4. The number of hydrogen-bond acceptors (Lipinski definition) is 4. The van der Waals surface area contributed by atoms with Gasteiger partial charge in [0.2, 0.25) is 0 Å². The predicted molar refractivity (Wildman–Crippen MR) is 105 cm³/mol. The number of anilines is 1. The number of ether oxygens (including phenoxy) is 1. The number of amides is 1. The monoisotopic (exact) mass is 363 g/mol. The van der Waals surface area contributed by atoms with Crippen molar-refractivity contribution in [2.45, 2.75) is 19.4 Å². The first-order valence-electron chi connectivity index (χ1n) is 8.53. The summed E-state index contributed by atoms with van der Waals surface area (Å²) >= 11 is 0. The molecule has 1 N–H and O–H groups in total. The van der Waals surface area contributed by atoms with E-state index < -0.39 is 5.54 Å². The van der Waals surface area contributed by atoms with Crippen LogP contribution in [0.2, 0.25) is 0 Å². The fraction of sp³-hybridized carbons (Fsp3) is 0.190. The third-order valence-electron chi connectivity index (χ3n) is 4.30. The van der Waals surface area contributed by atoms with E-state index in [0.717, 1.165) is 5.56 Å². The van der Waals surface area contributed by atoms with E-state index in [1.54, 1.807) is 51.3 Å². The van der Waals surface area contributed by atoms with E-state index in [0.29, 0.717) is 17.1 Å². The van der Waals surface area contributed by atoms with E-state index in [-0.39, 0.29) is 11.5 Å². The second-order valence-electron chi connectivity index (χ2n) is 6.58. The lowest BCUT2D eigenvalue weighted by molar-refractivity contribution is -0.123. The molecule has 1 aromatic heterocycles. The van der Waals surface area contributed by atoms with Crippen LogP contribution in [0.1, 0.15) is 13.8 Å². The minimum Gasteiger partial charge on any atom is -0.497 e. The van der Waals surface area contributed by atoms with Crippen molar-refractivity contribution in [1.82, 2.24) is 9.78 Å². The molecule has 0 aliphatic carbocycles. The number of aromatic nitrogens is 2. The van der Waals surface area contributed by atoms with Gasteiger partial charge in [0.15, 0.2) is 0 Å². The molecule has 0 unspecified atom stereocenters. The maximum absolute atomic E-state index is 12.8. The van der Waals surface area contributed by atoms with Crippen LogP contribution in [0.3, 0.4) is 0 Å². The molecule has 0 bridgehead atoms. The quantitative estimate of drug-likeness (QED) is 0.755. The Balaban J connectivity index is 1.91. The summed E-state index contributed by atoms with van der Waals surface area (Å²) < 4.78 is 6.33. The lowest BCUT2D eigenvalue weighted by Gasteiger charge is -2.25. The number of methoxy groups -OCH3 is 1. The van der Waals surface area contributed by atoms with Gasteiger partial charge in [-0.25, -0.2) is 4.68 Å². The van der Waals surface area contributed by atoms with Crippen molar-refractivity contribution in [1.29, 1.82) is 0 Å². The van der Waals surface area contributed by atoms with E-state index in [1.165, 1.54) is 10.7 Å². The van der Waals surface area contributed by atoms with Crippen molar-refractivity contribution < 1.29 is 9.53 Å². The average molecular weight is 363 g/mol. The van der Waals surface area contributed by atoms with Crippen molar-refractivity contribution >= 4 is 11.6 Å². The minimum absolute atomic E-state index is 0.340. The molecular weight excluding hydrogens is 342 g/mol. The SMILES string of the molecule is COc1ccc(NC(=O)C(C)(C)n2nc(-c3ccccc3)ccc2=O)cc1. The number of hydrogen-bond donors (Lipinski definition) is 1. The van der Waals surface area contributed by atoms with E-state index in [2.05, 4.69) is 10.4 Å². The molecule has 138 valence electrons. The summed E-state index contributed by atoms with van der Waals surface area (Å²) in [4.78, 5) is 25.2. The van der Waals surface area contributed by atoms with E-state index in [4.69, 9.17) is 4.74 Å². The van der Waals surface area contributed by atoms with Crippen molar-refractivity contribution in [2.75, 3.05) is 12.4 Å². The first-order chi connectivity index (χ1) is 12.9. The van der Waals surface area contributed by atoms with Gasteiger partial charge in [-0.15, -0.1) is 0 Å². The summed E-state index contributed by atoms with van der Waals surface area (Å²) in [5, 5.41) is 7.25. The number of nitrogens with one attached hydrogen (secondary N) is 1. The zero-order valence-corrected chi connectivity index (χ0v) is 15.5. The van der Waals surface area contributed by atoms with Gasteiger partial charge in [0, 0.05) is 17.3 Å². The van der Waals surface area contributed by atoms with E-state index >= 15 is 0 Å². The van der Waals surface area contributed by atoms with Crippen LogP contribution in [0.4, 0.5) is 5.69 Å². The molecule has 1 heterocycles. The molecule has 0 spiro atoms. The summed E-state index contributed by atoms with van der Waals surface area (Å²) in [5.74, 6) is 0.355. The summed E-state index contributed by atoms with van der Waals surface area (Å²) in [6, 6.07) is 19.6. The summed E-state index contributed by atoms with van der Waals surface area (Å²) in [6.45, 7) is 3.32. The maximum atomic E-state index is 12.8. The molecule has 0 atom stereocenters. The third-order valence-corrected chi connectivity index (χ3v) is 4.30. The first kappa shape index (κ1) is 18.4. The van der Waals surface area contributed by atoms with Gasteiger partial charge in [0.25, 0.3) is 11.5 Å². The Morgan fingerprint density at radius 3 is 2.30 bits per heavy atom. The highest BCUT2D eigenvalue weighted by atomic mass is 16.5. The number of nitrogens with zero attached hydrogens (tertiary/aromatic N) is 2. The predicted octanol–water partition coefficient (Wildman–Crippen LogP) is 3.29. The highest BCUT2D eigenvalue weighted by molar-refractivity contribution is 5.96. The lowest BCUT2D eigenvalue weighted by Crippen LogP contribution is -2.47. The van der Waals surface area contributed by atoms with Crippen LogP contribution in [0.25, 0.3) is 11.3 Å². The molecule has 2 aromatic carbocycles. The van der Waals surface area contributed by atoms with Gasteiger partial charge in [-0.05, 0) is 44.2 Å². The van der Waals surface area contributed by atoms with Gasteiger partial charge >= 0.3 is 0 Å². The number of carbonyl (C=O) groups excluding carboxylic acids is 1. The summed E-state index contributed by atoms with van der Waals surface area (Å²) in [6.07, 6.45) is 0. The van der Waals surface area contributed by atoms with Gasteiger partial charge in [-0.3, -0.25) is 9.59 Å². The Bertz CT molecular complexity index is 993. The van der Waals surface area contributed by atoms with E-state index in [1.807, 2.05) is 30.3 Å². The van der Waals surface area contributed by atoms with Crippen LogP contribution in [-0.4, -0.2) is 22.8 Å². The normalized spacial score (nSPS) is 11.1. The van der Waals surface area contributed by atoms with Gasteiger partial charge in [-0.2, -0.15) is 5.10 Å². The van der Waals surface area contributed by atoms with Crippen LogP contribution in [-0.2, 0) is 10.3 Å². The zero-order valence-electron chi connectivity index (χ0n) is 15.5. The van der Waals surface area contributed by atoms with Crippen LogP contribution < -0.4 is 15.6 Å². The molecule has 0 saturated heterocycles. The smallest absolute Gasteiger partial charge is 0.267 e. The number of carbonyl (C=O) groups is 1. The molecule has 1 amide bonds. The first-order valence-corrected chi connectivity index (χ1v) is 8.53. The molecular formula is C21H21N3O3. The van der Waals surface area contributed by atoms with Crippen molar-refractivity contribution in [3.05, 3.63) is 77.1 Å². The van der Waals surface area contributed by atoms with Gasteiger partial charge in [0.1, 0.15) is 11.3 Å². The molecule has 27 heavy (non-hydrogen) atoms. The highest BCUT2D eigenvalue weighted by Crippen LogP contribution is 2.21. The van der Waals surface area contributed by atoms with Crippen LogP contribution in [0.5, 0.6) is 5.75 Å². The third kappa shape index (κ3) is 3.89. The van der Waals surface area contributed by atoms with Gasteiger partial charge < -0.3 is 10.1 Å². The highest BCUT2D eigenvalue weighted by Gasteiger charge is 2.32. The van der Waals surface area contributed by atoms with Crippen molar-refractivity contribution in [3.8, 4) is 17.0 Å². The molecule has 3 rings (SSSR count). The number of rotatable bonds is 5. The molecule has 0 aliphatic rings. The Morgan fingerprint density at radius 2 is 1.67 bits per heavy atom. The Kier molecular flexibility index (Phi) is 5.07. The van der Waals surface area contributed by atoms with Crippen LogP contribution in [0.15, 0.2) is 71.5 Å². The van der Waals surface area contributed by atoms with Gasteiger partial charge in [0.05, 0.1) is 12.8 Å². The maximum Gasteiger partial charge on any atom is 0.267 e. The van der Waals surface area contributed by atoms with Gasteiger partial charge in [-0.1, -0.05) is 30.3 Å². The standard InChI is InChI=1S/C21H21N3O3/c1-21(2,20(26)22-16-9-11-17(27-3)12-10-16)24-19(25)14-13-18(23-24)15-7-5-4-6-8-15/h4-14H,1-3H3,(H,22,26). The number of benzene rings is 2. The topological polar surface area (TPSA) is 73.2 Å². The fourth-order valence-electron chi connectivity index (χ4n) is 2.63. The average Bonchev–Trinajstić information content (AvgIpc) is 2.69. The molecule has 0 radical (unpaired) electrons. The fourth-order valence-corrected chi connectivity index (χ4v) is 2.63. The van der Waals surface area contributed by atoms with Crippen molar-refractivity contribution in [2.24, 2.45) is 0 Å². The molecule has 0 saturated carbocycles. The molecule has 6 heteroatoms. The lowest BCUT2D eigenvalue weighted by atomic mass is 10.0. The van der Waals surface area contributed by atoms with Crippen LogP contribution >= 0.6 is 0 Å². The Hall–Kier alpha value is -3.41. The summed E-state index contributed by atoms with van der Waals surface area (Å²) in [5.41, 5.74) is 0.589. The Labute approximate surface area is 157 Å². The molecule has 0 fully saturated rings. The molecule has 0 aliphatic heterocycles.